The number of imide groups is 1. The fourth-order valence-electron chi connectivity index (χ4n) is 7.61. The number of aliphatic hydroxyl groups is 1. The van der Waals surface area contributed by atoms with Gasteiger partial charge in [0.1, 0.15) is 12.4 Å². The third-order valence-corrected chi connectivity index (χ3v) is 9.63. The summed E-state index contributed by atoms with van der Waals surface area (Å²) in [5, 5.41) is 9.44. The lowest BCUT2D eigenvalue weighted by atomic mass is 9.59. The molecule has 0 spiro atoms. The topological polar surface area (TPSA) is 113 Å². The van der Waals surface area contributed by atoms with Gasteiger partial charge >= 0.3 is 0 Å². The smallest absolute Gasteiger partial charge is 0.238 e. The number of aliphatic hydroxyl groups excluding tert-OH is 1. The van der Waals surface area contributed by atoms with Gasteiger partial charge in [-0.25, -0.2) is 0 Å². The van der Waals surface area contributed by atoms with Gasteiger partial charge in [0.05, 0.1) is 37.3 Å². The molecule has 2 saturated heterocycles. The summed E-state index contributed by atoms with van der Waals surface area (Å²) in [7, 11) is 0. The Labute approximate surface area is 255 Å². The van der Waals surface area contributed by atoms with Crippen molar-refractivity contribution in [1.29, 1.82) is 0 Å². The molecule has 2 fully saturated rings. The van der Waals surface area contributed by atoms with Crippen LogP contribution in [-0.4, -0.2) is 68.0 Å². The molecule has 7 rings (SSSR count). The highest BCUT2D eigenvalue weighted by Gasteiger charge is 2.56. The number of carbonyl (C=O) groups excluding carboxylic acids is 4. The van der Waals surface area contributed by atoms with Gasteiger partial charge in [0.25, 0.3) is 0 Å². The molecule has 2 heterocycles. The van der Waals surface area contributed by atoms with E-state index in [1.165, 1.54) is 11.0 Å². The number of amides is 2. The summed E-state index contributed by atoms with van der Waals surface area (Å²) in [6.07, 6.45) is 3.96. The second-order valence-corrected chi connectivity index (χ2v) is 12.0. The Balaban J connectivity index is 1.27. The van der Waals surface area contributed by atoms with Crippen LogP contribution in [0, 0.1) is 17.8 Å². The lowest BCUT2D eigenvalue weighted by molar-refractivity contribution is -0.123. The van der Waals surface area contributed by atoms with Crippen LogP contribution in [-0.2, 0) is 23.9 Å². The minimum Gasteiger partial charge on any atom is -0.491 e. The minimum absolute atomic E-state index is 0.0703. The molecule has 2 aromatic carbocycles. The van der Waals surface area contributed by atoms with Crippen molar-refractivity contribution in [2.75, 3.05) is 49.3 Å². The summed E-state index contributed by atoms with van der Waals surface area (Å²) in [5.74, 6) is -2.68. The highest BCUT2D eigenvalue weighted by atomic mass is 16.5. The van der Waals surface area contributed by atoms with Crippen molar-refractivity contribution >= 4 is 34.8 Å². The van der Waals surface area contributed by atoms with Crippen molar-refractivity contribution in [3.8, 4) is 5.75 Å². The molecule has 44 heavy (non-hydrogen) atoms. The Morgan fingerprint density at radius 2 is 1.66 bits per heavy atom. The van der Waals surface area contributed by atoms with Gasteiger partial charge in [-0.2, -0.15) is 0 Å². The van der Waals surface area contributed by atoms with Gasteiger partial charge in [-0.15, -0.1) is 0 Å². The number of hydrogen-bond donors (Lipinski definition) is 1. The van der Waals surface area contributed by atoms with E-state index in [1.54, 1.807) is 13.0 Å². The molecule has 5 aliphatic rings. The lowest BCUT2D eigenvalue weighted by Gasteiger charge is -2.42. The van der Waals surface area contributed by atoms with Gasteiger partial charge < -0.3 is 19.5 Å². The molecule has 2 amide bonds. The van der Waals surface area contributed by atoms with Crippen molar-refractivity contribution in [1.82, 2.24) is 0 Å². The number of anilines is 2. The Kier molecular flexibility index (Phi) is 7.30. The van der Waals surface area contributed by atoms with Gasteiger partial charge in [0.15, 0.2) is 11.6 Å². The molecule has 0 saturated carbocycles. The first kappa shape index (κ1) is 28.4. The van der Waals surface area contributed by atoms with Crippen LogP contribution in [0.1, 0.15) is 31.2 Å². The number of fused-ring (bicyclic) bond motifs is 3. The second-order valence-electron chi connectivity index (χ2n) is 12.0. The van der Waals surface area contributed by atoms with E-state index in [0.29, 0.717) is 53.4 Å². The van der Waals surface area contributed by atoms with Gasteiger partial charge in [-0.05, 0) is 62.1 Å². The molecular formula is C35H34N2O7. The number of allylic oxidation sites excluding steroid dienone is 6. The number of para-hydroxylation sites is 1. The van der Waals surface area contributed by atoms with E-state index in [2.05, 4.69) is 4.90 Å². The summed E-state index contributed by atoms with van der Waals surface area (Å²) in [4.78, 5) is 58.7. The van der Waals surface area contributed by atoms with Crippen LogP contribution in [0.2, 0.25) is 0 Å². The third-order valence-electron chi connectivity index (χ3n) is 9.63. The molecule has 9 nitrogen and oxygen atoms in total. The Bertz CT molecular complexity index is 1650. The second kappa shape index (κ2) is 11.3. The van der Waals surface area contributed by atoms with Crippen molar-refractivity contribution in [2.45, 2.75) is 25.7 Å². The molecule has 0 unspecified atom stereocenters. The predicted octanol–water partition coefficient (Wildman–Crippen LogP) is 3.53. The molecule has 0 radical (unpaired) electrons. The fraction of sp³-hybridized carbons (Fsp3) is 0.371. The van der Waals surface area contributed by atoms with Crippen LogP contribution >= 0.6 is 0 Å². The number of rotatable bonds is 6. The summed E-state index contributed by atoms with van der Waals surface area (Å²) in [6.45, 7) is 4.42. The van der Waals surface area contributed by atoms with Crippen LogP contribution in [0.3, 0.4) is 0 Å². The van der Waals surface area contributed by atoms with Gasteiger partial charge in [-0.1, -0.05) is 29.8 Å². The Hall–Kier alpha value is -4.34. The number of ether oxygens (including phenoxy) is 2. The molecule has 1 N–H and O–H groups in total. The van der Waals surface area contributed by atoms with E-state index in [1.807, 2.05) is 48.5 Å². The fourth-order valence-corrected chi connectivity index (χ4v) is 7.61. The van der Waals surface area contributed by atoms with Gasteiger partial charge in [0, 0.05) is 47.0 Å². The first-order valence-corrected chi connectivity index (χ1v) is 15.2. The van der Waals surface area contributed by atoms with Crippen molar-refractivity contribution < 1.29 is 33.8 Å². The molecule has 2 aromatic rings. The van der Waals surface area contributed by atoms with Crippen molar-refractivity contribution in [2.24, 2.45) is 17.8 Å². The predicted molar refractivity (Wildman–Crippen MR) is 162 cm³/mol. The van der Waals surface area contributed by atoms with Crippen LogP contribution in [0.5, 0.6) is 5.75 Å². The molecule has 226 valence electrons. The largest absolute Gasteiger partial charge is 0.491 e. The first-order valence-electron chi connectivity index (χ1n) is 15.2. The summed E-state index contributed by atoms with van der Waals surface area (Å²) < 4.78 is 11.3. The zero-order chi connectivity index (χ0) is 30.5. The SMILES string of the molecule is CC1=CC(=O)C2=C(C1=O)[C@@H](c1ccccc1OCCO)C1=CC[C@@H]3C(=O)N(c4ccc(N5CCOCC5)cc4)C(=O)[C@@H]3[C@@H]1C2. The number of ketones is 2. The molecular weight excluding hydrogens is 560 g/mol. The number of Topliss-reactive ketones (excluding diaryl/α,β-unsaturated/α-hetero) is 1. The number of nitrogens with zero attached hydrogens (tertiary/aromatic N) is 2. The zero-order valence-corrected chi connectivity index (χ0v) is 24.5. The average Bonchev–Trinajstić information content (AvgIpc) is 3.31. The lowest BCUT2D eigenvalue weighted by Crippen LogP contribution is -2.40. The van der Waals surface area contributed by atoms with E-state index in [4.69, 9.17) is 9.47 Å². The van der Waals surface area contributed by atoms with E-state index in [0.717, 1.165) is 24.4 Å². The first-order chi connectivity index (χ1) is 21.4. The van der Waals surface area contributed by atoms with E-state index < -0.39 is 23.7 Å². The molecule has 3 aliphatic carbocycles. The normalized spacial score (nSPS) is 26.7. The molecule has 2 aliphatic heterocycles. The van der Waals surface area contributed by atoms with Crippen molar-refractivity contribution in [3.05, 3.63) is 88.5 Å². The summed E-state index contributed by atoms with van der Waals surface area (Å²) in [5.41, 5.74) is 4.31. The van der Waals surface area contributed by atoms with Gasteiger partial charge in [-0.3, -0.25) is 24.1 Å². The van der Waals surface area contributed by atoms with Crippen LogP contribution in [0.15, 0.2) is 83.0 Å². The van der Waals surface area contributed by atoms with Gasteiger partial charge in [0.2, 0.25) is 11.8 Å². The molecule has 0 aromatic heterocycles. The maximum absolute atomic E-state index is 14.2. The van der Waals surface area contributed by atoms with E-state index in [9.17, 15) is 24.3 Å². The number of hydrogen-bond acceptors (Lipinski definition) is 8. The van der Waals surface area contributed by atoms with Crippen LogP contribution < -0.4 is 14.5 Å². The number of morpholine rings is 1. The van der Waals surface area contributed by atoms with E-state index >= 15 is 0 Å². The summed E-state index contributed by atoms with van der Waals surface area (Å²) in [6, 6.07) is 14.8. The number of benzene rings is 2. The third kappa shape index (κ3) is 4.53. The Morgan fingerprint density at radius 3 is 2.41 bits per heavy atom. The molecule has 4 atom stereocenters. The average molecular weight is 595 g/mol. The van der Waals surface area contributed by atoms with Crippen molar-refractivity contribution in [3.63, 3.8) is 0 Å². The maximum Gasteiger partial charge on any atom is 0.238 e. The summed E-state index contributed by atoms with van der Waals surface area (Å²) >= 11 is 0. The maximum atomic E-state index is 14.2. The molecule has 9 heteroatoms. The standard InChI is InChI=1S/C35H34N2O7/c1-20-18-28(39)27-19-26-23(30(32(27)33(20)40)24-4-2-3-5-29(24)44-17-14-38)10-11-25-31(26)35(42)37(34(25)41)22-8-6-21(7-9-22)36-12-15-43-16-13-36/h2-10,18,25-26,30-31,38H,11-17,19H2,1H3/t25-,26+,30+,31-/m0/s1. The Morgan fingerprint density at radius 1 is 0.932 bits per heavy atom. The zero-order valence-electron chi connectivity index (χ0n) is 24.5. The van der Waals surface area contributed by atoms with Crippen LogP contribution in [0.25, 0.3) is 0 Å². The minimum atomic E-state index is -0.654. The quantitative estimate of drug-likeness (QED) is 0.307. The molecule has 0 bridgehead atoms. The highest BCUT2D eigenvalue weighted by Crippen LogP contribution is 2.56. The monoisotopic (exact) mass is 594 g/mol. The van der Waals surface area contributed by atoms with Crippen LogP contribution in [0.4, 0.5) is 11.4 Å². The number of carbonyl (C=O) groups is 4. The highest BCUT2D eigenvalue weighted by molar-refractivity contribution is 6.25. The van der Waals surface area contributed by atoms with E-state index in [-0.39, 0.29) is 43.0 Å².